The molecule has 9 aromatic carbocycles. The molecule has 0 aliphatic rings. The van der Waals surface area contributed by atoms with E-state index >= 15 is 0 Å². The first-order valence-corrected chi connectivity index (χ1v) is 17.0. The molecule has 1 aromatic heterocycles. The molecule has 0 aliphatic heterocycles. The van der Waals surface area contributed by atoms with Crippen molar-refractivity contribution in [1.29, 1.82) is 0 Å². The van der Waals surface area contributed by atoms with Crippen molar-refractivity contribution in [1.82, 2.24) is 9.55 Å². The Morgan fingerprint density at radius 2 is 1.02 bits per heavy atom. The molecule has 0 N–H and O–H groups in total. The van der Waals surface area contributed by atoms with Gasteiger partial charge in [0, 0.05) is 5.69 Å². The molecule has 0 aliphatic carbocycles. The molecule has 49 heavy (non-hydrogen) atoms. The quantitative estimate of drug-likeness (QED) is 0.179. The molecular formula is C47H32N2. The number of benzene rings is 9. The van der Waals surface area contributed by atoms with Gasteiger partial charge in [-0.2, -0.15) is 0 Å². The fourth-order valence-electron chi connectivity index (χ4n) is 8.11. The van der Waals surface area contributed by atoms with Gasteiger partial charge >= 0.3 is 0 Å². The number of aryl methyl sites for hydroxylation is 2. The van der Waals surface area contributed by atoms with Crippen LogP contribution in [0.3, 0.4) is 0 Å². The Hall–Kier alpha value is -6.25. The summed E-state index contributed by atoms with van der Waals surface area (Å²) < 4.78 is 2.24. The molecule has 0 radical (unpaired) electrons. The second-order valence-corrected chi connectivity index (χ2v) is 13.3. The standard InChI is InChI=1S/C47H32N2/c1-29-8-5-9-31-16-17-33-11-7-13-42(47(33)45(29)31)41-12-6-10-32-18-21-38-27-36(23-25-40(38)46(32)41)34-19-20-37-28-39(24-22-35(37)26-34)49-30(2)48-43-14-3-4-15-44(43)49/h3-28H,1-2H3. The second-order valence-electron chi connectivity index (χ2n) is 13.3. The first kappa shape index (κ1) is 27.8. The predicted molar refractivity (Wildman–Crippen MR) is 209 cm³/mol. The highest BCUT2D eigenvalue weighted by molar-refractivity contribution is 6.21. The normalized spacial score (nSPS) is 11.9. The summed E-state index contributed by atoms with van der Waals surface area (Å²) in [6, 6.07) is 58.0. The number of hydrogen-bond acceptors (Lipinski definition) is 1. The molecule has 1 heterocycles. The SMILES string of the molecule is Cc1cccc2ccc3cccc(-c4cccc5ccc6cc(-c7ccc8cc(-n9c(C)nc%10ccccc%109)ccc8c7)ccc6c45)c3c12. The molecule has 230 valence electrons. The van der Waals surface area contributed by atoms with Gasteiger partial charge in [0.2, 0.25) is 0 Å². The number of para-hydroxylation sites is 2. The van der Waals surface area contributed by atoms with Crippen LogP contribution in [0.2, 0.25) is 0 Å². The topological polar surface area (TPSA) is 17.8 Å². The maximum Gasteiger partial charge on any atom is 0.111 e. The average Bonchev–Trinajstić information content (AvgIpc) is 3.49. The lowest BCUT2D eigenvalue weighted by Gasteiger charge is -2.16. The Morgan fingerprint density at radius 3 is 1.84 bits per heavy atom. The summed E-state index contributed by atoms with van der Waals surface area (Å²) in [4.78, 5) is 4.78. The molecular weight excluding hydrogens is 593 g/mol. The van der Waals surface area contributed by atoms with Crippen LogP contribution in [0.1, 0.15) is 11.4 Å². The van der Waals surface area contributed by atoms with E-state index in [4.69, 9.17) is 4.98 Å². The van der Waals surface area contributed by atoms with Crippen molar-refractivity contribution < 1.29 is 0 Å². The molecule has 2 nitrogen and oxygen atoms in total. The Bertz CT molecular complexity index is 2960. The largest absolute Gasteiger partial charge is 0.297 e. The van der Waals surface area contributed by atoms with Crippen molar-refractivity contribution in [3.63, 3.8) is 0 Å². The van der Waals surface area contributed by atoms with E-state index in [9.17, 15) is 0 Å². The third kappa shape index (κ3) is 4.31. The molecule has 0 saturated heterocycles. The monoisotopic (exact) mass is 624 g/mol. The minimum atomic E-state index is 0.993. The van der Waals surface area contributed by atoms with Crippen LogP contribution in [-0.2, 0) is 0 Å². The zero-order valence-electron chi connectivity index (χ0n) is 27.4. The van der Waals surface area contributed by atoms with Gasteiger partial charge in [-0.05, 0) is 132 Å². The molecule has 0 atom stereocenters. The summed E-state index contributed by atoms with van der Waals surface area (Å²) in [6.07, 6.45) is 0. The molecule has 0 saturated carbocycles. The van der Waals surface area contributed by atoms with Gasteiger partial charge in [0.15, 0.2) is 0 Å². The van der Waals surface area contributed by atoms with E-state index < -0.39 is 0 Å². The van der Waals surface area contributed by atoms with Crippen LogP contribution < -0.4 is 0 Å². The maximum absolute atomic E-state index is 4.78. The van der Waals surface area contributed by atoms with Crippen molar-refractivity contribution in [3.8, 4) is 27.9 Å². The molecule has 0 bridgehead atoms. The van der Waals surface area contributed by atoms with Crippen molar-refractivity contribution in [2.45, 2.75) is 13.8 Å². The van der Waals surface area contributed by atoms with Gasteiger partial charge in [-0.25, -0.2) is 4.98 Å². The van der Waals surface area contributed by atoms with Gasteiger partial charge in [-0.15, -0.1) is 0 Å². The fraction of sp³-hybridized carbons (Fsp3) is 0.0426. The molecule has 0 amide bonds. The fourth-order valence-corrected chi connectivity index (χ4v) is 8.11. The van der Waals surface area contributed by atoms with Gasteiger partial charge in [0.1, 0.15) is 5.82 Å². The van der Waals surface area contributed by atoms with Crippen LogP contribution in [-0.4, -0.2) is 9.55 Å². The minimum Gasteiger partial charge on any atom is -0.297 e. The Balaban J connectivity index is 1.11. The van der Waals surface area contributed by atoms with Crippen LogP contribution in [0.25, 0.3) is 92.8 Å². The number of imidazole rings is 1. The Labute approximate surface area is 284 Å². The third-order valence-corrected chi connectivity index (χ3v) is 10.4. The first-order valence-electron chi connectivity index (χ1n) is 17.0. The number of aromatic nitrogens is 2. The van der Waals surface area contributed by atoms with Crippen molar-refractivity contribution in [2.75, 3.05) is 0 Å². The summed E-state index contributed by atoms with van der Waals surface area (Å²) >= 11 is 0. The summed E-state index contributed by atoms with van der Waals surface area (Å²) in [5.41, 5.74) is 9.59. The highest BCUT2D eigenvalue weighted by Gasteiger charge is 2.15. The summed E-state index contributed by atoms with van der Waals surface area (Å²) in [6.45, 7) is 4.30. The maximum atomic E-state index is 4.78. The smallest absolute Gasteiger partial charge is 0.111 e. The Morgan fingerprint density at radius 1 is 0.429 bits per heavy atom. The highest BCUT2D eigenvalue weighted by atomic mass is 15.1. The van der Waals surface area contributed by atoms with Crippen molar-refractivity contribution >= 4 is 64.9 Å². The highest BCUT2D eigenvalue weighted by Crippen LogP contribution is 2.41. The molecule has 2 heteroatoms. The molecule has 0 spiro atoms. The number of rotatable bonds is 3. The van der Waals surface area contributed by atoms with Gasteiger partial charge in [-0.3, -0.25) is 4.57 Å². The van der Waals surface area contributed by atoms with E-state index in [1.54, 1.807) is 0 Å². The third-order valence-electron chi connectivity index (χ3n) is 10.4. The summed E-state index contributed by atoms with van der Waals surface area (Å²) in [5.74, 6) is 0.993. The molecule has 0 unspecified atom stereocenters. The van der Waals surface area contributed by atoms with Gasteiger partial charge in [0.25, 0.3) is 0 Å². The number of hydrogen-bond donors (Lipinski definition) is 0. The van der Waals surface area contributed by atoms with Gasteiger partial charge < -0.3 is 0 Å². The van der Waals surface area contributed by atoms with Crippen LogP contribution in [0, 0.1) is 13.8 Å². The number of nitrogens with zero attached hydrogens (tertiary/aromatic N) is 2. The second kappa shape index (κ2) is 10.6. The molecule has 10 rings (SSSR count). The van der Waals surface area contributed by atoms with Crippen molar-refractivity contribution in [2.24, 2.45) is 0 Å². The van der Waals surface area contributed by atoms with Crippen LogP contribution in [0.15, 0.2) is 158 Å². The van der Waals surface area contributed by atoms with E-state index in [2.05, 4.69) is 170 Å². The lowest BCUT2D eigenvalue weighted by molar-refractivity contribution is 1.00. The lowest BCUT2D eigenvalue weighted by atomic mass is 9.88. The zero-order chi connectivity index (χ0) is 32.6. The minimum absolute atomic E-state index is 0.993. The van der Waals surface area contributed by atoms with E-state index in [0.29, 0.717) is 0 Å². The van der Waals surface area contributed by atoms with E-state index in [-0.39, 0.29) is 0 Å². The lowest BCUT2D eigenvalue weighted by Crippen LogP contribution is -1.96. The van der Waals surface area contributed by atoms with E-state index in [1.165, 1.54) is 81.7 Å². The van der Waals surface area contributed by atoms with Crippen LogP contribution in [0.4, 0.5) is 0 Å². The van der Waals surface area contributed by atoms with E-state index in [1.807, 2.05) is 6.07 Å². The van der Waals surface area contributed by atoms with Crippen LogP contribution >= 0.6 is 0 Å². The summed E-state index contributed by atoms with van der Waals surface area (Å²) in [7, 11) is 0. The molecule has 10 aromatic rings. The molecule has 0 fully saturated rings. The predicted octanol–water partition coefficient (Wildman–Crippen LogP) is 12.7. The number of fused-ring (bicyclic) bond motifs is 8. The van der Waals surface area contributed by atoms with E-state index in [0.717, 1.165) is 22.5 Å². The Kier molecular flexibility index (Phi) is 6.04. The van der Waals surface area contributed by atoms with Crippen molar-refractivity contribution in [3.05, 3.63) is 169 Å². The first-order chi connectivity index (χ1) is 24.1. The zero-order valence-corrected chi connectivity index (χ0v) is 27.4. The van der Waals surface area contributed by atoms with Gasteiger partial charge in [-0.1, -0.05) is 121 Å². The average molecular weight is 625 g/mol. The van der Waals surface area contributed by atoms with Crippen LogP contribution in [0.5, 0.6) is 0 Å². The van der Waals surface area contributed by atoms with Gasteiger partial charge in [0.05, 0.1) is 11.0 Å². The summed E-state index contributed by atoms with van der Waals surface area (Å²) in [5, 5.41) is 12.8.